The first-order valence-electron chi connectivity index (χ1n) is 10.0. The van der Waals surface area contributed by atoms with Crippen molar-refractivity contribution in [2.75, 3.05) is 0 Å². The standard InChI is InChI=1S/C23H27F3N2O2/c1-14-19(22(3,4)12-11-21(14)30)10-9-18-13-20(28(27-18)15(2)29)16-5-7-17(8-6-16)23(24,25)26/h5-10,20-21,30H,11-13H2,1-4H3/b10-9+. The first-order chi connectivity index (χ1) is 13.9. The van der Waals surface area contributed by atoms with Crippen molar-refractivity contribution >= 4 is 11.6 Å². The average Bonchev–Trinajstić information content (AvgIpc) is 3.09. The van der Waals surface area contributed by atoms with Gasteiger partial charge >= 0.3 is 6.18 Å². The maximum absolute atomic E-state index is 12.8. The van der Waals surface area contributed by atoms with E-state index in [9.17, 15) is 23.1 Å². The van der Waals surface area contributed by atoms with E-state index in [1.807, 2.05) is 19.1 Å². The van der Waals surface area contributed by atoms with E-state index in [1.165, 1.54) is 24.1 Å². The Morgan fingerprint density at radius 2 is 1.87 bits per heavy atom. The molecule has 0 fully saturated rings. The molecular weight excluding hydrogens is 393 g/mol. The van der Waals surface area contributed by atoms with Crippen LogP contribution in [0.15, 0.2) is 52.7 Å². The summed E-state index contributed by atoms with van der Waals surface area (Å²) in [6, 6.07) is 4.42. The third kappa shape index (κ3) is 4.51. The van der Waals surface area contributed by atoms with Crippen LogP contribution in [0.5, 0.6) is 0 Å². The average molecular weight is 420 g/mol. The molecule has 1 amide bonds. The molecule has 1 heterocycles. The minimum atomic E-state index is -4.40. The molecule has 1 aromatic rings. The second-order valence-electron chi connectivity index (χ2n) is 8.66. The van der Waals surface area contributed by atoms with Gasteiger partial charge in [-0.1, -0.05) is 32.1 Å². The Hall–Kier alpha value is -2.41. The zero-order valence-corrected chi connectivity index (χ0v) is 17.6. The van der Waals surface area contributed by atoms with Crippen LogP contribution in [0, 0.1) is 5.41 Å². The number of aliphatic hydroxyl groups is 1. The number of rotatable bonds is 3. The molecule has 0 aromatic heterocycles. The fraction of sp³-hybridized carbons (Fsp3) is 0.478. The normalized spacial score (nSPS) is 24.5. The van der Waals surface area contributed by atoms with Gasteiger partial charge < -0.3 is 5.11 Å². The minimum Gasteiger partial charge on any atom is -0.389 e. The highest BCUT2D eigenvalue weighted by atomic mass is 19.4. The zero-order valence-electron chi connectivity index (χ0n) is 17.6. The molecule has 1 N–H and O–H groups in total. The van der Waals surface area contributed by atoms with E-state index in [1.54, 1.807) is 0 Å². The molecule has 162 valence electrons. The lowest BCUT2D eigenvalue weighted by atomic mass is 9.71. The van der Waals surface area contributed by atoms with Crippen molar-refractivity contribution in [1.29, 1.82) is 0 Å². The Bertz CT molecular complexity index is 911. The number of allylic oxidation sites excluding steroid dienone is 3. The molecule has 7 heteroatoms. The molecule has 0 radical (unpaired) electrons. The van der Waals surface area contributed by atoms with E-state index >= 15 is 0 Å². The van der Waals surface area contributed by atoms with Crippen LogP contribution in [0.25, 0.3) is 0 Å². The summed E-state index contributed by atoms with van der Waals surface area (Å²) in [5.74, 6) is -0.271. The largest absolute Gasteiger partial charge is 0.416 e. The lowest BCUT2D eigenvalue weighted by molar-refractivity contribution is -0.137. The highest BCUT2D eigenvalue weighted by Gasteiger charge is 2.34. The molecule has 2 unspecified atom stereocenters. The van der Waals surface area contributed by atoms with Crippen LogP contribution < -0.4 is 0 Å². The molecule has 0 saturated heterocycles. The number of halogens is 3. The topological polar surface area (TPSA) is 52.9 Å². The number of alkyl halides is 3. The van der Waals surface area contributed by atoms with Gasteiger partial charge in [-0.3, -0.25) is 4.79 Å². The Morgan fingerprint density at radius 3 is 2.43 bits per heavy atom. The summed E-state index contributed by atoms with van der Waals surface area (Å²) in [6.45, 7) is 7.58. The Morgan fingerprint density at radius 1 is 1.23 bits per heavy atom. The van der Waals surface area contributed by atoms with Crippen molar-refractivity contribution < 1.29 is 23.1 Å². The van der Waals surface area contributed by atoms with Gasteiger partial charge in [0, 0.05) is 13.3 Å². The molecule has 3 rings (SSSR count). The number of carbonyl (C=O) groups excluding carboxylic acids is 1. The first-order valence-corrected chi connectivity index (χ1v) is 10.0. The lowest BCUT2D eigenvalue weighted by Gasteiger charge is -2.35. The predicted molar refractivity (Wildman–Crippen MR) is 110 cm³/mol. The minimum absolute atomic E-state index is 0.0773. The molecule has 2 aliphatic rings. The molecule has 1 aliphatic heterocycles. The fourth-order valence-electron chi connectivity index (χ4n) is 4.18. The fourth-order valence-corrected chi connectivity index (χ4v) is 4.18. The van der Waals surface area contributed by atoms with E-state index in [-0.39, 0.29) is 11.3 Å². The maximum Gasteiger partial charge on any atom is 0.416 e. The summed E-state index contributed by atoms with van der Waals surface area (Å²) < 4.78 is 38.5. The van der Waals surface area contributed by atoms with E-state index in [2.05, 4.69) is 18.9 Å². The number of nitrogens with zero attached hydrogens (tertiary/aromatic N) is 2. The summed E-state index contributed by atoms with van der Waals surface area (Å²) >= 11 is 0. The SMILES string of the molecule is CC(=O)N1N=C(/C=C/C2=C(C)C(O)CCC2(C)C)CC1c1ccc(C(F)(F)F)cc1. The van der Waals surface area contributed by atoms with Crippen LogP contribution in [0.1, 0.15) is 64.1 Å². The zero-order chi connectivity index (χ0) is 22.3. The van der Waals surface area contributed by atoms with Crippen molar-refractivity contribution in [3.8, 4) is 0 Å². The van der Waals surface area contributed by atoms with Crippen LogP contribution in [0.4, 0.5) is 13.2 Å². The molecule has 0 saturated carbocycles. The number of amides is 1. The Balaban J connectivity index is 1.85. The van der Waals surface area contributed by atoms with Crippen LogP contribution in [-0.2, 0) is 11.0 Å². The van der Waals surface area contributed by atoms with Crippen molar-refractivity contribution in [3.05, 3.63) is 58.7 Å². The number of carbonyl (C=O) groups is 1. The monoisotopic (exact) mass is 420 g/mol. The van der Waals surface area contributed by atoms with Crippen molar-refractivity contribution in [3.63, 3.8) is 0 Å². The highest BCUT2D eigenvalue weighted by Crippen LogP contribution is 2.41. The van der Waals surface area contributed by atoms with Gasteiger partial charge in [0.05, 0.1) is 23.4 Å². The number of aliphatic hydroxyl groups excluding tert-OH is 1. The van der Waals surface area contributed by atoms with Crippen LogP contribution in [0.3, 0.4) is 0 Å². The number of hydrazone groups is 1. The van der Waals surface area contributed by atoms with Gasteiger partial charge in [0.15, 0.2) is 0 Å². The maximum atomic E-state index is 12.8. The van der Waals surface area contributed by atoms with Gasteiger partial charge in [-0.2, -0.15) is 18.3 Å². The molecule has 2 atom stereocenters. The highest BCUT2D eigenvalue weighted by molar-refractivity contribution is 5.98. The summed E-state index contributed by atoms with van der Waals surface area (Å²) in [7, 11) is 0. The number of benzene rings is 1. The van der Waals surface area contributed by atoms with Gasteiger partial charge in [-0.05, 0) is 60.1 Å². The number of hydrogen-bond donors (Lipinski definition) is 1. The summed E-state index contributed by atoms with van der Waals surface area (Å²) in [6.07, 6.45) is 0.939. The first kappa shape index (κ1) is 22.3. The molecule has 1 aromatic carbocycles. The van der Waals surface area contributed by atoms with E-state index in [0.717, 1.165) is 36.1 Å². The third-order valence-electron chi connectivity index (χ3n) is 6.02. The van der Waals surface area contributed by atoms with Gasteiger partial charge in [0.1, 0.15) is 0 Å². The smallest absolute Gasteiger partial charge is 0.389 e. The predicted octanol–water partition coefficient (Wildman–Crippen LogP) is 5.41. The summed E-state index contributed by atoms with van der Waals surface area (Å²) in [4.78, 5) is 12.1. The van der Waals surface area contributed by atoms with Crippen LogP contribution >= 0.6 is 0 Å². The van der Waals surface area contributed by atoms with Crippen LogP contribution in [-0.4, -0.2) is 27.8 Å². The molecule has 1 aliphatic carbocycles. The van der Waals surface area contributed by atoms with Crippen molar-refractivity contribution in [2.24, 2.45) is 10.5 Å². The van der Waals surface area contributed by atoms with Gasteiger partial charge in [-0.25, -0.2) is 5.01 Å². The molecule has 30 heavy (non-hydrogen) atoms. The second-order valence-corrected chi connectivity index (χ2v) is 8.66. The molecular formula is C23H27F3N2O2. The number of hydrogen-bond acceptors (Lipinski definition) is 3. The van der Waals surface area contributed by atoms with E-state index < -0.39 is 23.9 Å². The quantitative estimate of drug-likeness (QED) is 0.711. The van der Waals surface area contributed by atoms with Gasteiger partial charge in [0.25, 0.3) is 0 Å². The molecule has 4 nitrogen and oxygen atoms in total. The van der Waals surface area contributed by atoms with Gasteiger partial charge in [-0.15, -0.1) is 0 Å². The Kier molecular flexibility index (Phi) is 5.96. The summed E-state index contributed by atoms with van der Waals surface area (Å²) in [5.41, 5.74) is 2.47. The molecule has 0 bridgehead atoms. The lowest BCUT2D eigenvalue weighted by Crippen LogP contribution is -2.27. The van der Waals surface area contributed by atoms with Crippen LogP contribution in [0.2, 0.25) is 0 Å². The second kappa shape index (κ2) is 8.02. The van der Waals surface area contributed by atoms with Crippen molar-refractivity contribution in [2.45, 2.75) is 65.3 Å². The van der Waals surface area contributed by atoms with Crippen molar-refractivity contribution in [1.82, 2.24) is 5.01 Å². The Labute approximate surface area is 174 Å². The van der Waals surface area contributed by atoms with E-state index in [4.69, 9.17) is 0 Å². The van der Waals surface area contributed by atoms with E-state index in [0.29, 0.717) is 17.7 Å². The molecule has 0 spiro atoms. The third-order valence-corrected chi connectivity index (χ3v) is 6.02. The van der Waals surface area contributed by atoms with Gasteiger partial charge in [0.2, 0.25) is 5.91 Å². The summed E-state index contributed by atoms with van der Waals surface area (Å²) in [5, 5.41) is 15.9.